The Morgan fingerprint density at radius 1 is 0.714 bits per heavy atom. The molecular weight excluding hydrogens is 342 g/mol. The van der Waals surface area contributed by atoms with Crippen LogP contribution >= 0.6 is 0 Å². The van der Waals surface area contributed by atoms with E-state index in [0.29, 0.717) is 0 Å². The standard InChI is InChI=1S/C25H19N3/c1-2-5-13-20(12-4-1)24-26-27-25(21-14-6-3-7-15-21)28(24)23-18-10-16-19-11-8-9-17-22(19)23/h1-4,6-18H,5H2. The van der Waals surface area contributed by atoms with Gasteiger partial charge in [-0.15, -0.1) is 10.2 Å². The molecule has 0 amide bonds. The number of fused-ring (bicyclic) bond motifs is 1. The fraction of sp³-hybridized carbons (Fsp3) is 0.0400. The molecule has 3 heteroatoms. The Balaban J connectivity index is 1.81. The Kier molecular flexibility index (Phi) is 4.19. The molecule has 28 heavy (non-hydrogen) atoms. The molecule has 0 spiro atoms. The van der Waals surface area contributed by atoms with Crippen molar-refractivity contribution in [2.24, 2.45) is 0 Å². The second-order valence-corrected chi connectivity index (χ2v) is 6.73. The zero-order valence-electron chi connectivity index (χ0n) is 15.4. The molecule has 1 aliphatic rings. The first-order chi connectivity index (χ1) is 13.9. The van der Waals surface area contributed by atoms with Crippen LogP contribution in [-0.4, -0.2) is 14.8 Å². The Bertz CT molecular complexity index is 1220. The third-order valence-corrected chi connectivity index (χ3v) is 4.96. The van der Waals surface area contributed by atoms with Gasteiger partial charge in [-0.1, -0.05) is 97.1 Å². The topological polar surface area (TPSA) is 30.7 Å². The van der Waals surface area contributed by atoms with Crippen molar-refractivity contribution in [1.82, 2.24) is 14.8 Å². The lowest BCUT2D eigenvalue weighted by Gasteiger charge is -2.14. The van der Waals surface area contributed by atoms with Gasteiger partial charge < -0.3 is 0 Å². The number of nitrogens with zero attached hydrogens (tertiary/aromatic N) is 3. The zero-order valence-corrected chi connectivity index (χ0v) is 15.4. The summed E-state index contributed by atoms with van der Waals surface area (Å²) in [5, 5.41) is 11.6. The first-order valence-electron chi connectivity index (χ1n) is 9.44. The maximum absolute atomic E-state index is 4.61. The van der Waals surface area contributed by atoms with E-state index in [1.807, 2.05) is 18.2 Å². The van der Waals surface area contributed by atoms with E-state index >= 15 is 0 Å². The van der Waals surface area contributed by atoms with Gasteiger partial charge in [-0.3, -0.25) is 4.57 Å². The van der Waals surface area contributed by atoms with Gasteiger partial charge in [0.25, 0.3) is 0 Å². The molecule has 4 aromatic rings. The molecule has 1 aliphatic carbocycles. The molecule has 0 bridgehead atoms. The largest absolute Gasteiger partial charge is 0.274 e. The molecule has 1 aromatic heterocycles. The van der Waals surface area contributed by atoms with E-state index < -0.39 is 0 Å². The van der Waals surface area contributed by atoms with Gasteiger partial charge >= 0.3 is 0 Å². The Hall–Kier alpha value is -3.72. The van der Waals surface area contributed by atoms with E-state index in [1.54, 1.807) is 0 Å². The van der Waals surface area contributed by atoms with Crippen molar-refractivity contribution in [1.29, 1.82) is 0 Å². The summed E-state index contributed by atoms with van der Waals surface area (Å²) in [5.41, 5.74) is 3.21. The minimum atomic E-state index is 0.846. The van der Waals surface area contributed by atoms with Gasteiger partial charge in [0.1, 0.15) is 0 Å². The van der Waals surface area contributed by atoms with E-state index in [2.05, 4.69) is 99.7 Å². The van der Waals surface area contributed by atoms with Crippen LogP contribution in [0.15, 0.2) is 103 Å². The van der Waals surface area contributed by atoms with Gasteiger partial charge in [-0.05, 0) is 17.9 Å². The van der Waals surface area contributed by atoms with Crippen molar-refractivity contribution in [2.45, 2.75) is 6.42 Å². The molecule has 0 fully saturated rings. The van der Waals surface area contributed by atoms with E-state index in [-0.39, 0.29) is 0 Å². The molecule has 3 nitrogen and oxygen atoms in total. The number of allylic oxidation sites excluding steroid dienone is 6. The van der Waals surface area contributed by atoms with Crippen molar-refractivity contribution in [2.75, 3.05) is 0 Å². The Morgan fingerprint density at radius 3 is 2.43 bits per heavy atom. The van der Waals surface area contributed by atoms with E-state index in [9.17, 15) is 0 Å². The SMILES string of the molecule is C1=CCC=C(c2nnc(-c3ccccc3)n2-c2cccc3ccccc23)C=C1. The second kappa shape index (κ2) is 7.12. The Labute approximate surface area is 164 Å². The molecule has 0 radical (unpaired) electrons. The summed E-state index contributed by atoms with van der Waals surface area (Å²) in [6, 6.07) is 25.1. The zero-order chi connectivity index (χ0) is 18.8. The normalized spacial score (nSPS) is 13.5. The average Bonchev–Trinajstić information content (AvgIpc) is 3.01. The highest BCUT2D eigenvalue weighted by atomic mass is 15.3. The van der Waals surface area contributed by atoms with Crippen molar-refractivity contribution in [3.8, 4) is 17.1 Å². The highest BCUT2D eigenvalue weighted by Crippen LogP contribution is 2.31. The first kappa shape index (κ1) is 16.5. The highest BCUT2D eigenvalue weighted by molar-refractivity contribution is 5.91. The maximum Gasteiger partial charge on any atom is 0.168 e. The molecule has 0 saturated carbocycles. The molecule has 3 aromatic carbocycles. The second-order valence-electron chi connectivity index (χ2n) is 6.73. The molecule has 5 rings (SSSR count). The lowest BCUT2D eigenvalue weighted by molar-refractivity contribution is 1.03. The summed E-state index contributed by atoms with van der Waals surface area (Å²) in [4.78, 5) is 0. The number of hydrogen-bond donors (Lipinski definition) is 0. The van der Waals surface area contributed by atoms with Gasteiger partial charge in [0, 0.05) is 16.5 Å². The molecule has 134 valence electrons. The first-order valence-corrected chi connectivity index (χ1v) is 9.44. The van der Waals surface area contributed by atoms with Gasteiger partial charge in [0.15, 0.2) is 11.6 Å². The summed E-state index contributed by atoms with van der Waals surface area (Å²) in [6.07, 6.45) is 11.4. The van der Waals surface area contributed by atoms with E-state index in [4.69, 9.17) is 0 Å². The van der Waals surface area contributed by atoms with Crippen LogP contribution in [0.4, 0.5) is 0 Å². The minimum absolute atomic E-state index is 0.846. The quantitative estimate of drug-likeness (QED) is 0.449. The lowest BCUT2D eigenvalue weighted by atomic mass is 10.1. The summed E-state index contributed by atoms with van der Waals surface area (Å²) in [5.74, 6) is 1.70. The number of rotatable bonds is 3. The monoisotopic (exact) mass is 361 g/mol. The van der Waals surface area contributed by atoms with Crippen LogP contribution in [0.25, 0.3) is 33.4 Å². The van der Waals surface area contributed by atoms with Gasteiger partial charge in [0.2, 0.25) is 0 Å². The fourth-order valence-corrected chi connectivity index (χ4v) is 3.62. The Morgan fingerprint density at radius 2 is 1.50 bits per heavy atom. The summed E-state index contributed by atoms with van der Waals surface area (Å²) >= 11 is 0. The number of aromatic nitrogens is 3. The van der Waals surface area contributed by atoms with Gasteiger partial charge in [-0.25, -0.2) is 0 Å². The van der Waals surface area contributed by atoms with Crippen LogP contribution in [0, 0.1) is 0 Å². The molecular formula is C25H19N3. The lowest BCUT2D eigenvalue weighted by Crippen LogP contribution is -2.03. The average molecular weight is 361 g/mol. The molecule has 0 saturated heterocycles. The van der Waals surface area contributed by atoms with Crippen LogP contribution in [0.3, 0.4) is 0 Å². The molecule has 0 aliphatic heterocycles. The molecule has 0 atom stereocenters. The van der Waals surface area contributed by atoms with E-state index in [0.717, 1.165) is 34.9 Å². The van der Waals surface area contributed by atoms with Crippen molar-refractivity contribution < 1.29 is 0 Å². The molecule has 0 N–H and O–H groups in total. The van der Waals surface area contributed by atoms with Crippen LogP contribution in [0.5, 0.6) is 0 Å². The number of benzene rings is 3. The maximum atomic E-state index is 4.61. The molecule has 0 unspecified atom stereocenters. The third kappa shape index (κ3) is 2.87. The summed E-state index contributed by atoms with van der Waals surface area (Å²) in [6.45, 7) is 0. The fourth-order valence-electron chi connectivity index (χ4n) is 3.62. The van der Waals surface area contributed by atoms with Crippen LogP contribution < -0.4 is 0 Å². The van der Waals surface area contributed by atoms with Crippen molar-refractivity contribution in [3.63, 3.8) is 0 Å². The third-order valence-electron chi connectivity index (χ3n) is 4.96. The van der Waals surface area contributed by atoms with E-state index in [1.165, 1.54) is 10.8 Å². The summed E-state index contributed by atoms with van der Waals surface area (Å²) < 4.78 is 2.18. The smallest absolute Gasteiger partial charge is 0.168 e. The van der Waals surface area contributed by atoms with Gasteiger partial charge in [0.05, 0.1) is 5.69 Å². The predicted molar refractivity (Wildman–Crippen MR) is 115 cm³/mol. The van der Waals surface area contributed by atoms with Crippen molar-refractivity contribution in [3.05, 3.63) is 109 Å². The highest BCUT2D eigenvalue weighted by Gasteiger charge is 2.19. The van der Waals surface area contributed by atoms with Crippen LogP contribution in [0.1, 0.15) is 12.2 Å². The predicted octanol–water partition coefficient (Wildman–Crippen LogP) is 5.99. The van der Waals surface area contributed by atoms with Gasteiger partial charge in [-0.2, -0.15) is 0 Å². The van der Waals surface area contributed by atoms with Crippen molar-refractivity contribution >= 4 is 16.3 Å². The summed E-state index contributed by atoms with van der Waals surface area (Å²) in [7, 11) is 0. The molecule has 1 heterocycles. The van der Waals surface area contributed by atoms with Crippen LogP contribution in [-0.2, 0) is 0 Å². The van der Waals surface area contributed by atoms with Crippen LogP contribution in [0.2, 0.25) is 0 Å². The number of hydrogen-bond acceptors (Lipinski definition) is 2. The minimum Gasteiger partial charge on any atom is -0.274 e.